The number of hydrogen-bond acceptors (Lipinski definition) is 5. The van der Waals surface area contributed by atoms with Crippen LogP contribution in [-0.4, -0.2) is 17.4 Å². The second kappa shape index (κ2) is 7.16. The number of ether oxygens (including phenoxy) is 1. The molecular formula is C16H24N2OS2. The predicted octanol–water partition coefficient (Wildman–Crippen LogP) is 4.61. The monoisotopic (exact) mass is 324 g/mol. The Balaban J connectivity index is 1.92. The lowest BCUT2D eigenvalue weighted by molar-refractivity contribution is 0.315. The summed E-state index contributed by atoms with van der Waals surface area (Å²) in [5.74, 6) is 1.03. The first kappa shape index (κ1) is 15.4. The first-order valence-electron chi connectivity index (χ1n) is 7.91. The van der Waals surface area contributed by atoms with Crippen LogP contribution in [0.3, 0.4) is 0 Å². The zero-order valence-corrected chi connectivity index (χ0v) is 14.2. The lowest BCUT2D eigenvalue weighted by Gasteiger charge is -2.36. The standard InChI is InChI=1S/C16H24N2OS2/c1-2-11-19-13-9-6-10-14-15(13)18(16(20-14)21-17)12-7-4-3-5-8-12/h6,9-10,12,16H,2-5,7-8,11,17H2,1H3. The maximum absolute atomic E-state index is 6.01. The van der Waals surface area contributed by atoms with Gasteiger partial charge in [-0.05, 0) is 43.3 Å². The minimum absolute atomic E-state index is 0.287. The molecule has 0 amide bonds. The Morgan fingerprint density at radius 3 is 2.86 bits per heavy atom. The SMILES string of the molecule is CCCOc1cccc2c1N(C1CCCCC1)C(SN)S2. The van der Waals surface area contributed by atoms with E-state index in [0.717, 1.165) is 18.8 Å². The average Bonchev–Trinajstić information content (AvgIpc) is 2.93. The number of fused-ring (bicyclic) bond motifs is 1. The zero-order valence-electron chi connectivity index (χ0n) is 12.6. The molecule has 0 spiro atoms. The number of nitrogens with two attached hydrogens (primary N) is 1. The van der Waals surface area contributed by atoms with E-state index in [2.05, 4.69) is 30.0 Å². The molecule has 1 heterocycles. The summed E-state index contributed by atoms with van der Waals surface area (Å²) in [5, 5.41) is 5.97. The average molecular weight is 325 g/mol. The fourth-order valence-electron chi connectivity index (χ4n) is 3.26. The summed E-state index contributed by atoms with van der Waals surface area (Å²) in [6.07, 6.45) is 7.63. The third-order valence-corrected chi connectivity index (χ3v) is 6.32. The van der Waals surface area contributed by atoms with Gasteiger partial charge in [0.1, 0.15) is 10.5 Å². The Hall–Kier alpha value is -0.520. The molecule has 5 heteroatoms. The Bertz CT molecular complexity index is 477. The van der Waals surface area contributed by atoms with Crippen molar-refractivity contribution in [1.82, 2.24) is 0 Å². The molecule has 1 aliphatic carbocycles. The van der Waals surface area contributed by atoms with Crippen LogP contribution in [0.1, 0.15) is 45.4 Å². The quantitative estimate of drug-likeness (QED) is 0.801. The maximum Gasteiger partial charge on any atom is 0.143 e. The van der Waals surface area contributed by atoms with Crippen LogP contribution in [0.25, 0.3) is 0 Å². The molecule has 1 unspecified atom stereocenters. The summed E-state index contributed by atoms with van der Waals surface area (Å²) >= 11 is 3.33. The first-order chi connectivity index (χ1) is 10.3. The normalized spacial score (nSPS) is 22.4. The molecule has 1 aromatic rings. The van der Waals surface area contributed by atoms with Crippen molar-refractivity contribution in [3.63, 3.8) is 0 Å². The van der Waals surface area contributed by atoms with Crippen molar-refractivity contribution in [2.75, 3.05) is 11.5 Å². The van der Waals surface area contributed by atoms with Gasteiger partial charge in [0, 0.05) is 10.9 Å². The number of nitrogens with zero attached hydrogens (tertiary/aromatic N) is 1. The van der Waals surface area contributed by atoms with Gasteiger partial charge in [0.2, 0.25) is 0 Å². The highest BCUT2D eigenvalue weighted by molar-refractivity contribution is 8.16. The topological polar surface area (TPSA) is 38.5 Å². The molecule has 0 bridgehead atoms. The smallest absolute Gasteiger partial charge is 0.143 e. The molecular weight excluding hydrogens is 300 g/mol. The van der Waals surface area contributed by atoms with E-state index in [0.29, 0.717) is 6.04 Å². The molecule has 0 saturated heterocycles. The minimum atomic E-state index is 0.287. The second-order valence-corrected chi connectivity index (χ2v) is 7.85. The van der Waals surface area contributed by atoms with Crippen LogP contribution in [0.2, 0.25) is 0 Å². The molecule has 1 atom stereocenters. The van der Waals surface area contributed by atoms with E-state index in [1.54, 1.807) is 0 Å². The Morgan fingerprint density at radius 1 is 1.33 bits per heavy atom. The number of para-hydroxylation sites is 1. The molecule has 2 aliphatic rings. The highest BCUT2D eigenvalue weighted by Crippen LogP contribution is 2.53. The molecule has 2 N–H and O–H groups in total. The Labute approximate surface area is 136 Å². The Kier molecular flexibility index (Phi) is 5.24. The molecule has 0 radical (unpaired) electrons. The van der Waals surface area contributed by atoms with E-state index in [-0.39, 0.29) is 4.71 Å². The van der Waals surface area contributed by atoms with Crippen LogP contribution < -0.4 is 14.8 Å². The number of hydrogen-bond donors (Lipinski definition) is 1. The van der Waals surface area contributed by atoms with Crippen molar-refractivity contribution < 1.29 is 4.74 Å². The summed E-state index contributed by atoms with van der Waals surface area (Å²) in [5.41, 5.74) is 1.28. The summed E-state index contributed by atoms with van der Waals surface area (Å²) in [4.78, 5) is 3.85. The third-order valence-electron chi connectivity index (χ3n) is 4.22. The van der Waals surface area contributed by atoms with Crippen LogP contribution in [0, 0.1) is 0 Å². The molecule has 116 valence electrons. The highest BCUT2D eigenvalue weighted by atomic mass is 32.2. The van der Waals surface area contributed by atoms with Gasteiger partial charge in [-0.1, -0.05) is 44.0 Å². The highest BCUT2D eigenvalue weighted by Gasteiger charge is 2.37. The van der Waals surface area contributed by atoms with Gasteiger partial charge in [0.05, 0.1) is 12.3 Å². The van der Waals surface area contributed by atoms with Gasteiger partial charge in [-0.25, -0.2) is 0 Å². The van der Waals surface area contributed by atoms with E-state index in [4.69, 9.17) is 9.88 Å². The number of benzene rings is 1. The van der Waals surface area contributed by atoms with Crippen LogP contribution in [0.4, 0.5) is 5.69 Å². The lowest BCUT2D eigenvalue weighted by Crippen LogP contribution is -2.40. The molecule has 1 fully saturated rings. The van der Waals surface area contributed by atoms with Gasteiger partial charge in [-0.15, -0.1) is 0 Å². The van der Waals surface area contributed by atoms with Crippen molar-refractivity contribution in [3.05, 3.63) is 18.2 Å². The van der Waals surface area contributed by atoms with Gasteiger partial charge < -0.3 is 9.64 Å². The molecule has 0 aromatic heterocycles. The fraction of sp³-hybridized carbons (Fsp3) is 0.625. The summed E-state index contributed by atoms with van der Waals surface area (Å²) < 4.78 is 6.29. The number of thioether (sulfide) groups is 1. The van der Waals surface area contributed by atoms with E-state index < -0.39 is 0 Å². The summed E-state index contributed by atoms with van der Waals surface area (Å²) in [7, 11) is 0. The van der Waals surface area contributed by atoms with Crippen LogP contribution >= 0.6 is 23.7 Å². The lowest BCUT2D eigenvalue weighted by atomic mass is 9.94. The van der Waals surface area contributed by atoms with Crippen molar-refractivity contribution in [1.29, 1.82) is 0 Å². The summed E-state index contributed by atoms with van der Waals surface area (Å²) in [6, 6.07) is 7.01. The molecule has 3 rings (SSSR count). The zero-order chi connectivity index (χ0) is 14.7. The van der Waals surface area contributed by atoms with Gasteiger partial charge in [-0.2, -0.15) is 0 Å². The second-order valence-electron chi connectivity index (χ2n) is 5.71. The van der Waals surface area contributed by atoms with Crippen molar-refractivity contribution >= 4 is 29.4 Å². The van der Waals surface area contributed by atoms with Crippen molar-refractivity contribution in [3.8, 4) is 5.75 Å². The minimum Gasteiger partial charge on any atom is -0.491 e. The van der Waals surface area contributed by atoms with Gasteiger partial charge >= 0.3 is 0 Å². The van der Waals surface area contributed by atoms with Gasteiger partial charge in [-0.3, -0.25) is 5.14 Å². The fourth-order valence-corrected chi connectivity index (χ4v) is 5.28. The molecule has 1 saturated carbocycles. The van der Waals surface area contributed by atoms with Gasteiger partial charge in [0.25, 0.3) is 0 Å². The van der Waals surface area contributed by atoms with E-state index >= 15 is 0 Å². The van der Waals surface area contributed by atoms with Gasteiger partial charge in [0.15, 0.2) is 0 Å². The third kappa shape index (κ3) is 3.15. The molecule has 3 nitrogen and oxygen atoms in total. The first-order valence-corrected chi connectivity index (χ1v) is 9.73. The van der Waals surface area contributed by atoms with Crippen LogP contribution in [0.15, 0.2) is 23.1 Å². The van der Waals surface area contributed by atoms with Crippen LogP contribution in [0.5, 0.6) is 5.75 Å². The van der Waals surface area contributed by atoms with Crippen molar-refractivity contribution in [2.24, 2.45) is 5.14 Å². The molecule has 1 aliphatic heterocycles. The predicted molar refractivity (Wildman–Crippen MR) is 93.0 cm³/mol. The van der Waals surface area contributed by atoms with Crippen molar-refractivity contribution in [2.45, 2.75) is 61.1 Å². The number of rotatable bonds is 5. The summed E-state index contributed by atoms with van der Waals surface area (Å²) in [6.45, 7) is 2.93. The van der Waals surface area contributed by atoms with E-state index in [1.165, 1.54) is 54.6 Å². The van der Waals surface area contributed by atoms with E-state index in [1.807, 2.05) is 11.8 Å². The van der Waals surface area contributed by atoms with Crippen LogP contribution in [-0.2, 0) is 0 Å². The largest absolute Gasteiger partial charge is 0.491 e. The molecule has 1 aromatic carbocycles. The molecule has 21 heavy (non-hydrogen) atoms. The maximum atomic E-state index is 6.01. The Morgan fingerprint density at radius 2 is 2.14 bits per heavy atom. The van der Waals surface area contributed by atoms with E-state index in [9.17, 15) is 0 Å². The number of anilines is 1.